The van der Waals surface area contributed by atoms with Crippen LogP contribution in [0.4, 0.5) is 0 Å². The summed E-state index contributed by atoms with van der Waals surface area (Å²) in [6, 6.07) is 10.7. The van der Waals surface area contributed by atoms with Gasteiger partial charge in [-0.05, 0) is 36.8 Å². The van der Waals surface area contributed by atoms with E-state index in [-0.39, 0.29) is 0 Å². The number of rotatable bonds is 3. The van der Waals surface area contributed by atoms with Crippen molar-refractivity contribution in [3.05, 3.63) is 35.9 Å². The van der Waals surface area contributed by atoms with Crippen LogP contribution < -0.4 is 0 Å². The SMILES string of the molecule is OCC1CN(Cc2ccccc2)CCC12CCCC2. The van der Waals surface area contributed by atoms with E-state index < -0.39 is 0 Å². The Bertz CT molecular complexity index is 397. The molecule has 0 aromatic heterocycles. The van der Waals surface area contributed by atoms with E-state index >= 15 is 0 Å². The van der Waals surface area contributed by atoms with Crippen LogP contribution in [0.3, 0.4) is 0 Å². The van der Waals surface area contributed by atoms with Gasteiger partial charge in [-0.15, -0.1) is 0 Å². The van der Waals surface area contributed by atoms with Crippen LogP contribution in [0.5, 0.6) is 0 Å². The molecule has 1 heterocycles. The Kier molecular flexibility index (Phi) is 3.90. The molecule has 1 atom stereocenters. The molecule has 1 spiro atoms. The first kappa shape index (κ1) is 13.1. The second-order valence-electron chi connectivity index (χ2n) is 6.42. The van der Waals surface area contributed by atoms with Gasteiger partial charge in [0.25, 0.3) is 0 Å². The molecule has 1 aliphatic carbocycles. The van der Waals surface area contributed by atoms with Crippen LogP contribution >= 0.6 is 0 Å². The summed E-state index contributed by atoms with van der Waals surface area (Å²) >= 11 is 0. The minimum absolute atomic E-state index is 0.366. The molecule has 0 radical (unpaired) electrons. The monoisotopic (exact) mass is 259 g/mol. The summed E-state index contributed by atoms with van der Waals surface area (Å²) in [5.41, 5.74) is 1.86. The van der Waals surface area contributed by atoms with E-state index in [1.165, 1.54) is 44.2 Å². The van der Waals surface area contributed by atoms with E-state index in [0.29, 0.717) is 17.9 Å². The third-order valence-electron chi connectivity index (χ3n) is 5.34. The Balaban J connectivity index is 1.65. The van der Waals surface area contributed by atoms with Crippen molar-refractivity contribution >= 4 is 0 Å². The zero-order valence-electron chi connectivity index (χ0n) is 11.7. The Morgan fingerprint density at radius 2 is 1.84 bits per heavy atom. The first-order chi connectivity index (χ1) is 9.32. The molecular weight excluding hydrogens is 234 g/mol. The topological polar surface area (TPSA) is 23.5 Å². The Hall–Kier alpha value is -0.860. The fourth-order valence-electron chi connectivity index (χ4n) is 4.16. The molecule has 1 aromatic carbocycles. The van der Waals surface area contributed by atoms with Crippen LogP contribution in [-0.2, 0) is 6.54 Å². The average Bonchev–Trinajstić information content (AvgIpc) is 2.92. The second kappa shape index (κ2) is 5.64. The lowest BCUT2D eigenvalue weighted by Gasteiger charge is -2.45. The molecule has 1 unspecified atom stereocenters. The van der Waals surface area contributed by atoms with Crippen LogP contribution in [0, 0.1) is 11.3 Å². The molecular formula is C17H25NO. The molecule has 0 bridgehead atoms. The molecule has 1 aliphatic heterocycles. The number of nitrogens with zero attached hydrogens (tertiary/aromatic N) is 1. The maximum atomic E-state index is 9.77. The first-order valence-electron chi connectivity index (χ1n) is 7.69. The number of piperidine rings is 1. The quantitative estimate of drug-likeness (QED) is 0.902. The summed E-state index contributed by atoms with van der Waals surface area (Å²) in [4.78, 5) is 2.53. The van der Waals surface area contributed by atoms with E-state index in [9.17, 15) is 5.11 Å². The highest BCUT2D eigenvalue weighted by atomic mass is 16.3. The van der Waals surface area contributed by atoms with E-state index in [1.807, 2.05) is 0 Å². The van der Waals surface area contributed by atoms with Gasteiger partial charge in [0.05, 0.1) is 0 Å². The Morgan fingerprint density at radius 1 is 1.11 bits per heavy atom. The summed E-state index contributed by atoms with van der Waals surface area (Å²) in [6.07, 6.45) is 6.71. The van der Waals surface area contributed by atoms with E-state index in [0.717, 1.165) is 13.1 Å². The Morgan fingerprint density at radius 3 is 2.53 bits per heavy atom. The summed E-state index contributed by atoms with van der Waals surface area (Å²) in [5.74, 6) is 0.493. The summed E-state index contributed by atoms with van der Waals surface area (Å²) in [5, 5.41) is 9.77. The number of aliphatic hydroxyl groups is 1. The first-order valence-corrected chi connectivity index (χ1v) is 7.69. The molecule has 0 amide bonds. The molecule has 19 heavy (non-hydrogen) atoms. The fourth-order valence-corrected chi connectivity index (χ4v) is 4.16. The van der Waals surface area contributed by atoms with Gasteiger partial charge in [0.15, 0.2) is 0 Å². The van der Waals surface area contributed by atoms with Crippen LogP contribution in [-0.4, -0.2) is 29.7 Å². The molecule has 2 nitrogen and oxygen atoms in total. The minimum atomic E-state index is 0.366. The third-order valence-corrected chi connectivity index (χ3v) is 5.34. The predicted octanol–water partition coefficient (Wildman–Crippen LogP) is 3.06. The van der Waals surface area contributed by atoms with Crippen molar-refractivity contribution in [3.63, 3.8) is 0 Å². The van der Waals surface area contributed by atoms with Crippen molar-refractivity contribution in [2.24, 2.45) is 11.3 Å². The van der Waals surface area contributed by atoms with Crippen LogP contribution in [0.25, 0.3) is 0 Å². The lowest BCUT2D eigenvalue weighted by atomic mass is 9.69. The summed E-state index contributed by atoms with van der Waals surface area (Å²) in [6.45, 7) is 3.68. The average molecular weight is 259 g/mol. The summed E-state index contributed by atoms with van der Waals surface area (Å²) in [7, 11) is 0. The van der Waals surface area contributed by atoms with Crippen molar-refractivity contribution in [2.75, 3.05) is 19.7 Å². The molecule has 3 rings (SSSR count). The lowest BCUT2D eigenvalue weighted by molar-refractivity contribution is 0.000238. The molecule has 1 saturated carbocycles. The van der Waals surface area contributed by atoms with Gasteiger partial charge in [-0.1, -0.05) is 43.2 Å². The summed E-state index contributed by atoms with van der Waals surface area (Å²) < 4.78 is 0. The van der Waals surface area contributed by atoms with Crippen molar-refractivity contribution in [1.82, 2.24) is 4.90 Å². The van der Waals surface area contributed by atoms with Crippen LogP contribution in [0.2, 0.25) is 0 Å². The standard InChI is InChI=1S/C17H25NO/c19-14-16-13-18(12-15-6-2-1-3-7-15)11-10-17(16)8-4-5-9-17/h1-3,6-7,16,19H,4-5,8-14H2. The zero-order chi connectivity index (χ0) is 13.1. The normalized spacial score (nSPS) is 26.9. The Labute approximate surface area is 116 Å². The fraction of sp³-hybridized carbons (Fsp3) is 0.647. The third kappa shape index (κ3) is 2.70. The van der Waals surface area contributed by atoms with Crippen LogP contribution in [0.1, 0.15) is 37.7 Å². The maximum Gasteiger partial charge on any atom is 0.0476 e. The van der Waals surface area contributed by atoms with Crippen molar-refractivity contribution in [1.29, 1.82) is 0 Å². The molecule has 2 aliphatic rings. The van der Waals surface area contributed by atoms with Gasteiger partial charge in [-0.2, -0.15) is 0 Å². The molecule has 1 aromatic rings. The minimum Gasteiger partial charge on any atom is -0.396 e. The number of hydrogen-bond acceptors (Lipinski definition) is 2. The predicted molar refractivity (Wildman–Crippen MR) is 77.8 cm³/mol. The van der Waals surface area contributed by atoms with Crippen molar-refractivity contribution < 1.29 is 5.11 Å². The van der Waals surface area contributed by atoms with Gasteiger partial charge >= 0.3 is 0 Å². The van der Waals surface area contributed by atoms with Gasteiger partial charge in [-0.25, -0.2) is 0 Å². The zero-order valence-corrected chi connectivity index (χ0v) is 11.7. The molecule has 2 heteroatoms. The van der Waals surface area contributed by atoms with Crippen molar-refractivity contribution in [3.8, 4) is 0 Å². The highest BCUT2D eigenvalue weighted by molar-refractivity contribution is 5.14. The maximum absolute atomic E-state index is 9.77. The van der Waals surface area contributed by atoms with Crippen molar-refractivity contribution in [2.45, 2.75) is 38.6 Å². The number of likely N-dealkylation sites (tertiary alicyclic amines) is 1. The van der Waals surface area contributed by atoms with Crippen LogP contribution in [0.15, 0.2) is 30.3 Å². The highest BCUT2D eigenvalue weighted by Crippen LogP contribution is 2.49. The second-order valence-corrected chi connectivity index (χ2v) is 6.42. The lowest BCUT2D eigenvalue weighted by Crippen LogP contribution is -2.47. The highest BCUT2D eigenvalue weighted by Gasteiger charge is 2.44. The number of hydrogen-bond donors (Lipinski definition) is 1. The van der Waals surface area contributed by atoms with Gasteiger partial charge < -0.3 is 5.11 Å². The molecule has 104 valence electrons. The smallest absolute Gasteiger partial charge is 0.0476 e. The van der Waals surface area contributed by atoms with E-state index in [4.69, 9.17) is 0 Å². The molecule has 2 fully saturated rings. The van der Waals surface area contributed by atoms with Gasteiger partial charge in [0.1, 0.15) is 0 Å². The molecule has 1 N–H and O–H groups in total. The van der Waals surface area contributed by atoms with Gasteiger partial charge in [0, 0.05) is 25.6 Å². The largest absolute Gasteiger partial charge is 0.396 e. The number of aliphatic hydroxyl groups excluding tert-OH is 1. The van der Waals surface area contributed by atoms with E-state index in [1.54, 1.807) is 0 Å². The van der Waals surface area contributed by atoms with Gasteiger partial charge in [-0.3, -0.25) is 4.90 Å². The van der Waals surface area contributed by atoms with Gasteiger partial charge in [0.2, 0.25) is 0 Å². The number of benzene rings is 1. The molecule has 1 saturated heterocycles. The van der Waals surface area contributed by atoms with E-state index in [2.05, 4.69) is 35.2 Å².